The zero-order chi connectivity index (χ0) is 18.1. The number of anilines is 1. The molecule has 0 bridgehead atoms. The van der Waals surface area contributed by atoms with E-state index in [1.54, 1.807) is 18.2 Å². The Morgan fingerprint density at radius 3 is 2.96 bits per heavy atom. The predicted molar refractivity (Wildman–Crippen MR) is 109 cm³/mol. The van der Waals surface area contributed by atoms with Crippen molar-refractivity contribution in [3.05, 3.63) is 58.1 Å². The molecule has 0 aliphatic carbocycles. The highest BCUT2D eigenvalue weighted by Crippen LogP contribution is 2.40. The molecule has 1 atom stereocenters. The normalized spacial score (nSPS) is 17.5. The zero-order valence-electron chi connectivity index (χ0n) is 13.5. The first kappa shape index (κ1) is 17.4. The number of benzene rings is 2. The Morgan fingerprint density at radius 1 is 1.27 bits per heavy atom. The van der Waals surface area contributed by atoms with E-state index in [4.69, 9.17) is 23.2 Å². The third-order valence-electron chi connectivity index (χ3n) is 4.08. The summed E-state index contributed by atoms with van der Waals surface area (Å²) in [5, 5.41) is 10.7. The van der Waals surface area contributed by atoms with Gasteiger partial charge >= 0.3 is 0 Å². The van der Waals surface area contributed by atoms with Crippen LogP contribution in [-0.4, -0.2) is 28.1 Å². The number of hydrazone groups is 1. The molecule has 0 saturated heterocycles. The van der Waals surface area contributed by atoms with E-state index < -0.39 is 0 Å². The van der Waals surface area contributed by atoms with E-state index in [-0.39, 0.29) is 17.7 Å². The molecule has 2 aromatic rings. The van der Waals surface area contributed by atoms with Gasteiger partial charge in [0.25, 0.3) is 0 Å². The van der Waals surface area contributed by atoms with Gasteiger partial charge in [0.05, 0.1) is 28.2 Å². The fraction of sp³-hybridized carbons (Fsp3) is 0.167. The summed E-state index contributed by atoms with van der Waals surface area (Å²) >= 11 is 13.3. The molecule has 1 N–H and O–H groups in total. The number of hydrogen-bond acceptors (Lipinski definition) is 5. The molecule has 0 aromatic heterocycles. The SMILES string of the molecule is O=C(CSC1=Nc2ccccc2C2CC=NN12)Nc1ccc(Cl)cc1Cl. The van der Waals surface area contributed by atoms with Crippen molar-refractivity contribution in [2.45, 2.75) is 12.5 Å². The standard InChI is InChI=1S/C18H14Cl2N4OS/c19-11-5-6-15(13(20)9-11)22-17(25)10-26-18-23-14-4-2-1-3-12(14)16-7-8-21-24(16)18/h1-6,8-9,16H,7,10H2,(H,22,25). The highest BCUT2D eigenvalue weighted by molar-refractivity contribution is 8.14. The van der Waals surface area contributed by atoms with Gasteiger partial charge in [-0.3, -0.25) is 4.79 Å². The molecule has 2 heterocycles. The van der Waals surface area contributed by atoms with Crippen LogP contribution in [0.2, 0.25) is 10.0 Å². The summed E-state index contributed by atoms with van der Waals surface area (Å²) in [6, 6.07) is 13.1. The highest BCUT2D eigenvalue weighted by atomic mass is 35.5. The number of nitrogens with one attached hydrogen (secondary N) is 1. The lowest BCUT2D eigenvalue weighted by atomic mass is 10.0. The lowest BCUT2D eigenvalue weighted by Crippen LogP contribution is -2.29. The van der Waals surface area contributed by atoms with Crippen molar-refractivity contribution in [1.29, 1.82) is 0 Å². The van der Waals surface area contributed by atoms with E-state index in [1.165, 1.54) is 11.8 Å². The molecule has 0 spiro atoms. The minimum Gasteiger partial charge on any atom is -0.324 e. The Morgan fingerprint density at radius 2 is 2.12 bits per heavy atom. The second-order valence-electron chi connectivity index (χ2n) is 5.81. The van der Waals surface area contributed by atoms with Gasteiger partial charge in [-0.05, 0) is 24.3 Å². The molecular weight excluding hydrogens is 391 g/mol. The Kier molecular flexibility index (Phi) is 4.89. The third-order valence-corrected chi connectivity index (χ3v) is 5.57. The summed E-state index contributed by atoms with van der Waals surface area (Å²) in [5.41, 5.74) is 2.63. The molecule has 132 valence electrons. The van der Waals surface area contributed by atoms with Crippen LogP contribution in [0.15, 0.2) is 52.6 Å². The smallest absolute Gasteiger partial charge is 0.234 e. The van der Waals surface area contributed by atoms with E-state index in [9.17, 15) is 4.79 Å². The molecule has 2 aliphatic rings. The second-order valence-corrected chi connectivity index (χ2v) is 7.59. The number of nitrogens with zero attached hydrogens (tertiary/aromatic N) is 3. The summed E-state index contributed by atoms with van der Waals surface area (Å²) in [4.78, 5) is 17.0. The van der Waals surface area contributed by atoms with E-state index in [1.807, 2.05) is 29.4 Å². The monoisotopic (exact) mass is 404 g/mol. The molecule has 2 aromatic carbocycles. The molecule has 1 unspecified atom stereocenters. The Labute approximate surface area is 165 Å². The number of rotatable bonds is 3. The minimum atomic E-state index is -0.166. The van der Waals surface area contributed by atoms with Gasteiger partial charge in [-0.2, -0.15) is 5.10 Å². The average Bonchev–Trinajstić information content (AvgIpc) is 3.12. The minimum absolute atomic E-state index is 0.153. The largest absolute Gasteiger partial charge is 0.324 e. The number of aliphatic imine (C=N–C) groups is 1. The van der Waals surface area contributed by atoms with E-state index >= 15 is 0 Å². The van der Waals surface area contributed by atoms with Gasteiger partial charge in [-0.1, -0.05) is 53.2 Å². The Hall–Kier alpha value is -2.02. The fourth-order valence-electron chi connectivity index (χ4n) is 2.89. The molecule has 26 heavy (non-hydrogen) atoms. The van der Waals surface area contributed by atoms with Gasteiger partial charge in [0.2, 0.25) is 5.91 Å². The lowest BCUT2D eigenvalue weighted by Gasteiger charge is -2.29. The van der Waals surface area contributed by atoms with Crippen molar-refractivity contribution in [2.75, 3.05) is 11.1 Å². The summed E-state index contributed by atoms with van der Waals surface area (Å²) < 4.78 is 0. The first-order valence-electron chi connectivity index (χ1n) is 7.99. The number of amides is 1. The third kappa shape index (κ3) is 3.45. The fourth-order valence-corrected chi connectivity index (χ4v) is 4.15. The summed E-state index contributed by atoms with van der Waals surface area (Å²) in [6.45, 7) is 0. The van der Waals surface area contributed by atoms with Gasteiger partial charge in [0.15, 0.2) is 5.17 Å². The molecule has 0 saturated carbocycles. The van der Waals surface area contributed by atoms with Gasteiger partial charge in [-0.25, -0.2) is 10.0 Å². The van der Waals surface area contributed by atoms with E-state index in [0.29, 0.717) is 15.7 Å². The topological polar surface area (TPSA) is 57.1 Å². The summed E-state index contributed by atoms with van der Waals surface area (Å²) in [7, 11) is 0. The van der Waals surface area contributed by atoms with Crippen LogP contribution in [0.25, 0.3) is 0 Å². The number of carbonyl (C=O) groups excluding carboxylic acids is 1. The first-order chi connectivity index (χ1) is 12.6. The first-order valence-corrected chi connectivity index (χ1v) is 9.73. The van der Waals surface area contributed by atoms with Gasteiger partial charge in [0.1, 0.15) is 0 Å². The van der Waals surface area contributed by atoms with Crippen LogP contribution in [0.4, 0.5) is 11.4 Å². The maximum atomic E-state index is 12.3. The van der Waals surface area contributed by atoms with Crippen molar-refractivity contribution >= 4 is 63.6 Å². The molecule has 1 amide bonds. The molecule has 0 fully saturated rings. The maximum absolute atomic E-state index is 12.3. The predicted octanol–water partition coefficient (Wildman–Crippen LogP) is 5.10. The molecule has 0 radical (unpaired) electrons. The summed E-state index contributed by atoms with van der Waals surface area (Å²) in [6.07, 6.45) is 2.72. The van der Waals surface area contributed by atoms with E-state index in [0.717, 1.165) is 22.8 Å². The number of thioether (sulfide) groups is 1. The average molecular weight is 405 g/mol. The highest BCUT2D eigenvalue weighted by Gasteiger charge is 2.32. The number of amidine groups is 1. The Balaban J connectivity index is 1.46. The van der Waals surface area contributed by atoms with Crippen LogP contribution in [0.1, 0.15) is 18.0 Å². The molecule has 4 rings (SSSR count). The van der Waals surface area contributed by atoms with Crippen molar-refractivity contribution < 1.29 is 4.79 Å². The van der Waals surface area contributed by atoms with Gasteiger partial charge in [0, 0.05) is 23.2 Å². The number of hydrogen-bond donors (Lipinski definition) is 1. The second kappa shape index (κ2) is 7.31. The Bertz CT molecular complexity index is 931. The quantitative estimate of drug-likeness (QED) is 0.773. The van der Waals surface area contributed by atoms with Crippen molar-refractivity contribution in [3.8, 4) is 0 Å². The zero-order valence-corrected chi connectivity index (χ0v) is 15.9. The number of fused-ring (bicyclic) bond motifs is 3. The van der Waals surface area contributed by atoms with Crippen LogP contribution in [-0.2, 0) is 4.79 Å². The lowest BCUT2D eigenvalue weighted by molar-refractivity contribution is -0.113. The summed E-state index contributed by atoms with van der Waals surface area (Å²) in [5.74, 6) is 0.0408. The molecule has 5 nitrogen and oxygen atoms in total. The van der Waals surface area contributed by atoms with Crippen molar-refractivity contribution in [2.24, 2.45) is 10.1 Å². The van der Waals surface area contributed by atoms with Crippen molar-refractivity contribution in [3.63, 3.8) is 0 Å². The van der Waals surface area contributed by atoms with Gasteiger partial charge in [-0.15, -0.1) is 0 Å². The maximum Gasteiger partial charge on any atom is 0.234 e. The number of carbonyl (C=O) groups is 1. The molecule has 2 aliphatic heterocycles. The van der Waals surface area contributed by atoms with Crippen molar-refractivity contribution in [1.82, 2.24) is 5.01 Å². The van der Waals surface area contributed by atoms with Crippen LogP contribution >= 0.6 is 35.0 Å². The molecule has 8 heteroatoms. The van der Waals surface area contributed by atoms with Crippen LogP contribution in [0, 0.1) is 0 Å². The van der Waals surface area contributed by atoms with Crippen LogP contribution < -0.4 is 5.32 Å². The van der Waals surface area contributed by atoms with Crippen LogP contribution in [0.3, 0.4) is 0 Å². The molecular formula is C18H14Cl2N4OS. The van der Waals surface area contributed by atoms with Crippen LogP contribution in [0.5, 0.6) is 0 Å². The number of halogens is 2. The van der Waals surface area contributed by atoms with Gasteiger partial charge < -0.3 is 5.32 Å². The van der Waals surface area contributed by atoms with E-state index in [2.05, 4.69) is 21.5 Å². The number of para-hydroxylation sites is 1.